The summed E-state index contributed by atoms with van der Waals surface area (Å²) in [6.07, 6.45) is 3.08. The van der Waals surface area contributed by atoms with Crippen LogP contribution in [0.25, 0.3) is 5.76 Å². The minimum atomic E-state index is -1.01. The molecule has 2 aromatic heterocycles. The summed E-state index contributed by atoms with van der Waals surface area (Å²) in [5.74, 6) is -2.12. The molecule has 10 heteroatoms. The zero-order valence-electron chi connectivity index (χ0n) is 22.0. The Morgan fingerprint density at radius 3 is 2.52 bits per heavy atom. The molecule has 40 heavy (non-hydrogen) atoms. The van der Waals surface area contributed by atoms with Gasteiger partial charge in [-0.25, -0.2) is 9.78 Å². The summed E-state index contributed by atoms with van der Waals surface area (Å²) in [6.45, 7) is 4.00. The summed E-state index contributed by atoms with van der Waals surface area (Å²) >= 11 is 0.936. The molecular formula is C30H25N3O6S. The molecule has 9 nitrogen and oxygen atoms in total. The van der Waals surface area contributed by atoms with E-state index in [-0.39, 0.29) is 21.3 Å². The number of methoxy groups -OCH3 is 1. The third-order valence-electron chi connectivity index (χ3n) is 6.42. The van der Waals surface area contributed by atoms with Gasteiger partial charge in [-0.15, -0.1) is 0 Å². The molecule has 2 aromatic carbocycles. The van der Waals surface area contributed by atoms with E-state index < -0.39 is 23.7 Å². The molecule has 0 saturated carbocycles. The summed E-state index contributed by atoms with van der Waals surface area (Å²) in [5.41, 5.74) is 3.24. The average Bonchev–Trinajstić information content (AvgIpc) is 3.48. The van der Waals surface area contributed by atoms with Crippen molar-refractivity contribution in [1.29, 1.82) is 0 Å². The first-order chi connectivity index (χ1) is 19.3. The molecule has 3 heterocycles. The third kappa shape index (κ3) is 5.08. The lowest BCUT2D eigenvalue weighted by Crippen LogP contribution is -2.29. The summed E-state index contributed by atoms with van der Waals surface area (Å²) in [6, 6.07) is 17.0. The Bertz CT molecular complexity index is 1630. The van der Waals surface area contributed by atoms with Gasteiger partial charge in [0.15, 0.2) is 5.13 Å². The summed E-state index contributed by atoms with van der Waals surface area (Å²) in [7, 11) is 1.25. The van der Waals surface area contributed by atoms with E-state index in [2.05, 4.69) is 9.97 Å². The molecule has 5 rings (SSSR count). The Morgan fingerprint density at radius 1 is 1.07 bits per heavy atom. The van der Waals surface area contributed by atoms with Gasteiger partial charge in [-0.05, 0) is 55.3 Å². The van der Waals surface area contributed by atoms with E-state index in [0.717, 1.165) is 22.5 Å². The maximum atomic E-state index is 13.4. The van der Waals surface area contributed by atoms with Crippen LogP contribution in [0.1, 0.15) is 43.7 Å². The van der Waals surface area contributed by atoms with Crippen LogP contribution in [0.5, 0.6) is 5.75 Å². The van der Waals surface area contributed by atoms with Crippen molar-refractivity contribution in [2.45, 2.75) is 26.5 Å². The number of Topliss-reactive ketones (excluding diaryl/α,β-unsaturated/α-hetero) is 1. The molecule has 1 N–H and O–H groups in total. The molecule has 0 aliphatic carbocycles. The fourth-order valence-corrected chi connectivity index (χ4v) is 5.50. The number of pyridine rings is 1. The van der Waals surface area contributed by atoms with Crippen molar-refractivity contribution in [2.24, 2.45) is 0 Å². The third-order valence-corrected chi connectivity index (χ3v) is 7.56. The smallest absolute Gasteiger partial charge is 0.350 e. The molecular weight excluding hydrogens is 530 g/mol. The number of aryl methyl sites for hydroxylation is 2. The molecule has 4 aromatic rings. The number of aliphatic hydroxyl groups is 1. The number of anilines is 1. The Balaban J connectivity index is 1.51. The highest BCUT2D eigenvalue weighted by Crippen LogP contribution is 2.43. The van der Waals surface area contributed by atoms with Gasteiger partial charge in [0.2, 0.25) is 0 Å². The number of thiazole rings is 1. The number of amides is 1. The van der Waals surface area contributed by atoms with Crippen LogP contribution < -0.4 is 9.64 Å². The molecule has 1 amide bonds. The van der Waals surface area contributed by atoms with Crippen molar-refractivity contribution >= 4 is 39.9 Å². The number of ether oxygens (including phenoxy) is 2. The molecule has 1 fully saturated rings. The van der Waals surface area contributed by atoms with Gasteiger partial charge in [-0.3, -0.25) is 19.5 Å². The number of nitrogens with zero attached hydrogens (tertiary/aromatic N) is 3. The second-order valence-electron chi connectivity index (χ2n) is 9.16. The normalized spacial score (nSPS) is 16.3. The number of rotatable bonds is 7. The first kappa shape index (κ1) is 26.8. The Hall–Kier alpha value is -4.83. The molecule has 1 atom stereocenters. The zero-order valence-corrected chi connectivity index (χ0v) is 22.8. The van der Waals surface area contributed by atoms with Crippen LogP contribution in [0.4, 0.5) is 5.13 Å². The van der Waals surface area contributed by atoms with E-state index in [0.29, 0.717) is 29.2 Å². The van der Waals surface area contributed by atoms with Crippen LogP contribution >= 0.6 is 11.3 Å². The highest BCUT2D eigenvalue weighted by atomic mass is 32.1. The van der Waals surface area contributed by atoms with Crippen molar-refractivity contribution < 1.29 is 29.0 Å². The van der Waals surface area contributed by atoms with E-state index >= 15 is 0 Å². The highest BCUT2D eigenvalue weighted by molar-refractivity contribution is 7.17. The number of ketones is 1. The van der Waals surface area contributed by atoms with Crippen LogP contribution in [-0.2, 0) is 20.9 Å². The van der Waals surface area contributed by atoms with Crippen molar-refractivity contribution in [2.75, 3.05) is 12.0 Å². The fourth-order valence-electron chi connectivity index (χ4n) is 4.48. The van der Waals surface area contributed by atoms with Gasteiger partial charge >= 0.3 is 11.9 Å². The van der Waals surface area contributed by atoms with E-state index in [1.807, 2.05) is 31.2 Å². The number of hydrogen-bond donors (Lipinski definition) is 1. The number of aliphatic hydroxyl groups excluding tert-OH is 1. The van der Waals surface area contributed by atoms with Crippen molar-refractivity contribution in [3.63, 3.8) is 0 Å². The lowest BCUT2D eigenvalue weighted by atomic mass is 9.96. The van der Waals surface area contributed by atoms with Gasteiger partial charge in [-0.2, -0.15) is 0 Å². The predicted molar refractivity (Wildman–Crippen MR) is 149 cm³/mol. The molecule has 1 saturated heterocycles. The van der Waals surface area contributed by atoms with E-state index in [1.54, 1.807) is 49.5 Å². The van der Waals surface area contributed by atoms with Crippen LogP contribution in [0, 0.1) is 13.8 Å². The number of hydrogen-bond acceptors (Lipinski definition) is 9. The first-order valence-electron chi connectivity index (χ1n) is 12.3. The van der Waals surface area contributed by atoms with Gasteiger partial charge in [-0.1, -0.05) is 47.2 Å². The fraction of sp³-hybridized carbons (Fsp3) is 0.167. The second kappa shape index (κ2) is 11.1. The maximum Gasteiger partial charge on any atom is 0.350 e. The van der Waals surface area contributed by atoms with Gasteiger partial charge in [0.05, 0.1) is 24.4 Å². The minimum Gasteiger partial charge on any atom is -0.507 e. The second-order valence-corrected chi connectivity index (χ2v) is 10.1. The van der Waals surface area contributed by atoms with Crippen molar-refractivity contribution in [1.82, 2.24) is 9.97 Å². The van der Waals surface area contributed by atoms with Crippen LogP contribution in [0.2, 0.25) is 0 Å². The highest BCUT2D eigenvalue weighted by Gasteiger charge is 2.48. The first-order valence-corrected chi connectivity index (χ1v) is 13.2. The van der Waals surface area contributed by atoms with E-state index in [4.69, 9.17) is 9.47 Å². The molecule has 0 radical (unpaired) electrons. The van der Waals surface area contributed by atoms with Gasteiger partial charge in [0.1, 0.15) is 23.0 Å². The lowest BCUT2D eigenvalue weighted by molar-refractivity contribution is -0.132. The number of carbonyl (C=O) groups is 3. The number of benzene rings is 2. The largest absolute Gasteiger partial charge is 0.507 e. The van der Waals surface area contributed by atoms with E-state index in [1.165, 1.54) is 18.2 Å². The summed E-state index contributed by atoms with van der Waals surface area (Å²) < 4.78 is 10.7. The Kier molecular flexibility index (Phi) is 7.43. The minimum absolute atomic E-state index is 0.112. The monoisotopic (exact) mass is 555 g/mol. The SMILES string of the molecule is COC(=O)c1sc(N2C(=O)C(=O)C(=C(O)c3ccc(OCc4cccc(C)c4)cc3)[C@H]2c2cccnc2)nc1C. The average molecular weight is 556 g/mol. The molecule has 1 aliphatic heterocycles. The van der Waals surface area contributed by atoms with E-state index in [9.17, 15) is 19.5 Å². The Labute approximate surface area is 234 Å². The molecule has 202 valence electrons. The molecule has 1 aliphatic rings. The number of esters is 1. The van der Waals surface area contributed by atoms with Gasteiger partial charge in [0, 0.05) is 18.0 Å². The molecule has 0 bridgehead atoms. The predicted octanol–water partition coefficient (Wildman–Crippen LogP) is 5.15. The summed E-state index contributed by atoms with van der Waals surface area (Å²) in [4.78, 5) is 48.8. The van der Waals surface area contributed by atoms with Gasteiger partial charge in [0.25, 0.3) is 5.78 Å². The molecule has 0 unspecified atom stereocenters. The van der Waals surface area contributed by atoms with Crippen molar-refractivity contribution in [3.8, 4) is 5.75 Å². The van der Waals surface area contributed by atoms with Crippen molar-refractivity contribution in [3.05, 3.63) is 111 Å². The standard InChI is InChI=1S/C30H25N3O6S/c1-17-6-4-7-19(14-17)16-39-22-11-9-20(10-12-22)25(34)23-24(21-8-5-13-31-15-21)33(28(36)26(23)35)30-32-18(2)27(40-30)29(37)38-3/h4-15,24,34H,16H2,1-3H3/t24-/m1/s1. The summed E-state index contributed by atoms with van der Waals surface area (Å²) in [5, 5.41) is 11.5. The van der Waals surface area contributed by atoms with Crippen LogP contribution in [-0.4, -0.2) is 39.8 Å². The Morgan fingerprint density at radius 2 is 1.85 bits per heavy atom. The van der Waals surface area contributed by atoms with Gasteiger partial charge < -0.3 is 14.6 Å². The topological polar surface area (TPSA) is 119 Å². The zero-order chi connectivity index (χ0) is 28.4. The lowest BCUT2D eigenvalue weighted by Gasteiger charge is -2.22. The van der Waals surface area contributed by atoms with Crippen LogP contribution in [0.15, 0.2) is 78.6 Å². The molecule has 0 spiro atoms. The number of carbonyl (C=O) groups excluding carboxylic acids is 3. The maximum absolute atomic E-state index is 13.4. The van der Waals surface area contributed by atoms with Crippen LogP contribution in [0.3, 0.4) is 0 Å². The quantitative estimate of drug-likeness (QED) is 0.144. The number of aromatic nitrogens is 2.